The number of anilines is 1. The molecule has 116 valence electrons. The molecule has 2 atom stereocenters. The van der Waals surface area contributed by atoms with E-state index in [0.29, 0.717) is 36.9 Å². The summed E-state index contributed by atoms with van der Waals surface area (Å²) >= 11 is 0. The van der Waals surface area contributed by atoms with E-state index < -0.39 is 0 Å². The first-order valence-electron chi connectivity index (χ1n) is 7.12. The molecule has 0 unspecified atom stereocenters. The average molecular weight is 294 g/mol. The first kappa shape index (κ1) is 15.6. The fraction of sp³-hybridized carbons (Fsp3) is 0.533. The lowest BCUT2D eigenvalue weighted by Crippen LogP contribution is -2.53. The van der Waals surface area contributed by atoms with E-state index in [1.54, 1.807) is 25.3 Å². The van der Waals surface area contributed by atoms with Crippen LogP contribution < -0.4 is 20.1 Å². The molecule has 6 nitrogen and oxygen atoms in total. The number of hydrogen-bond donors (Lipinski definition) is 2. The van der Waals surface area contributed by atoms with Crippen LogP contribution in [-0.4, -0.2) is 44.9 Å². The van der Waals surface area contributed by atoms with Gasteiger partial charge in [0.25, 0.3) is 0 Å². The third-order valence-electron chi connectivity index (χ3n) is 3.33. The first-order valence-corrected chi connectivity index (χ1v) is 7.12. The SMILES string of the molecule is CCOc1cc(NC(=O)[C@H]2NCCO[C@@H]2C)ccc1OC. The second kappa shape index (κ2) is 7.28. The van der Waals surface area contributed by atoms with Crippen LogP contribution in [0.4, 0.5) is 5.69 Å². The lowest BCUT2D eigenvalue weighted by Gasteiger charge is -2.29. The molecular formula is C15H22N2O4. The van der Waals surface area contributed by atoms with Crippen molar-refractivity contribution in [3.8, 4) is 11.5 Å². The minimum atomic E-state index is -0.351. The van der Waals surface area contributed by atoms with Gasteiger partial charge in [0.15, 0.2) is 11.5 Å². The molecule has 1 aliphatic rings. The number of morpholine rings is 1. The molecule has 1 saturated heterocycles. The van der Waals surface area contributed by atoms with Crippen molar-refractivity contribution in [1.82, 2.24) is 5.32 Å². The van der Waals surface area contributed by atoms with Crippen LogP contribution >= 0.6 is 0 Å². The summed E-state index contributed by atoms with van der Waals surface area (Å²) in [6.45, 7) is 5.62. The first-order chi connectivity index (χ1) is 10.2. The molecule has 0 radical (unpaired) electrons. The number of carbonyl (C=O) groups excluding carboxylic acids is 1. The molecule has 0 saturated carbocycles. The molecule has 1 aliphatic heterocycles. The molecule has 1 aromatic rings. The van der Waals surface area contributed by atoms with Crippen molar-refractivity contribution in [1.29, 1.82) is 0 Å². The number of amides is 1. The molecule has 2 N–H and O–H groups in total. The van der Waals surface area contributed by atoms with Gasteiger partial charge in [0.2, 0.25) is 5.91 Å². The van der Waals surface area contributed by atoms with Crippen LogP contribution in [0.2, 0.25) is 0 Å². The Balaban J connectivity index is 2.08. The third-order valence-corrected chi connectivity index (χ3v) is 3.33. The Hall–Kier alpha value is -1.79. The van der Waals surface area contributed by atoms with Crippen molar-refractivity contribution in [3.05, 3.63) is 18.2 Å². The van der Waals surface area contributed by atoms with Gasteiger partial charge in [-0.25, -0.2) is 0 Å². The van der Waals surface area contributed by atoms with Crippen LogP contribution in [-0.2, 0) is 9.53 Å². The summed E-state index contributed by atoms with van der Waals surface area (Å²) in [5.41, 5.74) is 0.670. The molecule has 1 aromatic carbocycles. The van der Waals surface area contributed by atoms with Gasteiger partial charge in [-0.15, -0.1) is 0 Å². The molecule has 2 rings (SSSR count). The van der Waals surface area contributed by atoms with Crippen LogP contribution in [0.5, 0.6) is 11.5 Å². The van der Waals surface area contributed by atoms with Gasteiger partial charge in [-0.1, -0.05) is 0 Å². The van der Waals surface area contributed by atoms with Gasteiger partial charge < -0.3 is 24.8 Å². The van der Waals surface area contributed by atoms with E-state index in [2.05, 4.69) is 10.6 Å². The standard InChI is InChI=1S/C15H22N2O4/c1-4-20-13-9-11(5-6-12(13)19-3)17-15(18)14-10(2)21-8-7-16-14/h5-6,9-10,14,16H,4,7-8H2,1-3H3,(H,17,18)/t10-,14+/m1/s1. The summed E-state index contributed by atoms with van der Waals surface area (Å²) in [5, 5.41) is 6.03. The molecular weight excluding hydrogens is 272 g/mol. The normalized spacial score (nSPS) is 21.7. The zero-order valence-electron chi connectivity index (χ0n) is 12.6. The fourth-order valence-corrected chi connectivity index (χ4v) is 2.27. The van der Waals surface area contributed by atoms with Gasteiger partial charge >= 0.3 is 0 Å². The molecule has 1 fully saturated rings. The second-order valence-electron chi connectivity index (χ2n) is 4.80. The number of rotatable bonds is 5. The number of carbonyl (C=O) groups is 1. The highest BCUT2D eigenvalue weighted by atomic mass is 16.5. The van der Waals surface area contributed by atoms with Crippen molar-refractivity contribution >= 4 is 11.6 Å². The minimum Gasteiger partial charge on any atom is -0.493 e. The van der Waals surface area contributed by atoms with Gasteiger partial charge in [-0.2, -0.15) is 0 Å². The van der Waals surface area contributed by atoms with E-state index in [0.717, 1.165) is 0 Å². The van der Waals surface area contributed by atoms with Crippen LogP contribution in [0.15, 0.2) is 18.2 Å². The van der Waals surface area contributed by atoms with Crippen molar-refractivity contribution in [2.75, 3.05) is 32.2 Å². The van der Waals surface area contributed by atoms with Gasteiger partial charge in [-0.3, -0.25) is 4.79 Å². The Morgan fingerprint density at radius 2 is 2.29 bits per heavy atom. The summed E-state index contributed by atoms with van der Waals surface area (Å²) in [5.74, 6) is 1.14. The van der Waals surface area contributed by atoms with Crippen LogP contribution in [0.3, 0.4) is 0 Å². The molecule has 1 heterocycles. The maximum absolute atomic E-state index is 12.3. The molecule has 0 bridgehead atoms. The summed E-state index contributed by atoms with van der Waals surface area (Å²) in [6, 6.07) is 4.97. The van der Waals surface area contributed by atoms with Crippen LogP contribution in [0.25, 0.3) is 0 Å². The Bertz CT molecular complexity index is 493. The van der Waals surface area contributed by atoms with E-state index >= 15 is 0 Å². The van der Waals surface area contributed by atoms with Crippen molar-refractivity contribution in [3.63, 3.8) is 0 Å². The summed E-state index contributed by atoms with van der Waals surface area (Å²) in [7, 11) is 1.58. The molecule has 0 spiro atoms. The molecule has 6 heteroatoms. The predicted octanol–water partition coefficient (Wildman–Crippen LogP) is 1.41. The average Bonchev–Trinajstić information content (AvgIpc) is 2.48. The third kappa shape index (κ3) is 3.86. The van der Waals surface area contributed by atoms with E-state index in [1.165, 1.54) is 0 Å². The van der Waals surface area contributed by atoms with Gasteiger partial charge in [0.1, 0.15) is 6.04 Å². The zero-order valence-corrected chi connectivity index (χ0v) is 12.6. The Kier molecular flexibility index (Phi) is 5.41. The van der Waals surface area contributed by atoms with Crippen molar-refractivity contribution in [2.24, 2.45) is 0 Å². The summed E-state index contributed by atoms with van der Waals surface area (Å²) < 4.78 is 16.2. The number of benzene rings is 1. The van der Waals surface area contributed by atoms with Crippen molar-refractivity contribution < 1.29 is 19.0 Å². The largest absolute Gasteiger partial charge is 0.493 e. The number of methoxy groups -OCH3 is 1. The second-order valence-corrected chi connectivity index (χ2v) is 4.80. The van der Waals surface area contributed by atoms with E-state index in [9.17, 15) is 4.79 Å². The smallest absolute Gasteiger partial charge is 0.244 e. The highest BCUT2D eigenvalue weighted by Gasteiger charge is 2.28. The number of hydrogen-bond acceptors (Lipinski definition) is 5. The lowest BCUT2D eigenvalue weighted by atomic mass is 10.1. The predicted molar refractivity (Wildman–Crippen MR) is 80.0 cm³/mol. The van der Waals surface area contributed by atoms with E-state index in [4.69, 9.17) is 14.2 Å². The summed E-state index contributed by atoms with van der Waals surface area (Å²) in [6.07, 6.45) is -0.150. The lowest BCUT2D eigenvalue weighted by molar-refractivity contribution is -0.123. The fourth-order valence-electron chi connectivity index (χ4n) is 2.27. The van der Waals surface area contributed by atoms with Crippen LogP contribution in [0, 0.1) is 0 Å². The molecule has 0 aliphatic carbocycles. The quantitative estimate of drug-likeness (QED) is 0.859. The van der Waals surface area contributed by atoms with Crippen LogP contribution in [0.1, 0.15) is 13.8 Å². The van der Waals surface area contributed by atoms with E-state index in [1.807, 2.05) is 13.8 Å². The van der Waals surface area contributed by atoms with Gasteiger partial charge in [0.05, 0.1) is 26.4 Å². The molecule has 1 amide bonds. The topological polar surface area (TPSA) is 68.8 Å². The minimum absolute atomic E-state index is 0.116. The Morgan fingerprint density at radius 1 is 1.48 bits per heavy atom. The monoisotopic (exact) mass is 294 g/mol. The zero-order chi connectivity index (χ0) is 15.2. The van der Waals surface area contributed by atoms with E-state index in [-0.39, 0.29) is 18.1 Å². The van der Waals surface area contributed by atoms with Gasteiger partial charge in [-0.05, 0) is 26.0 Å². The Morgan fingerprint density at radius 3 is 2.95 bits per heavy atom. The summed E-state index contributed by atoms with van der Waals surface area (Å²) in [4.78, 5) is 12.3. The Labute approximate surface area is 124 Å². The van der Waals surface area contributed by atoms with Gasteiger partial charge in [0, 0.05) is 18.3 Å². The molecule has 0 aromatic heterocycles. The maximum Gasteiger partial charge on any atom is 0.244 e. The highest BCUT2D eigenvalue weighted by Crippen LogP contribution is 2.30. The maximum atomic E-state index is 12.3. The molecule has 21 heavy (non-hydrogen) atoms. The highest BCUT2D eigenvalue weighted by molar-refractivity contribution is 5.95. The number of ether oxygens (including phenoxy) is 3. The van der Waals surface area contributed by atoms with Crippen molar-refractivity contribution in [2.45, 2.75) is 26.0 Å². The number of nitrogens with one attached hydrogen (secondary N) is 2.